The molecule has 1 unspecified atom stereocenters. The molecule has 1 fully saturated rings. The van der Waals surface area contributed by atoms with E-state index in [0.29, 0.717) is 6.04 Å². The van der Waals surface area contributed by atoms with Gasteiger partial charge in [0.1, 0.15) is 0 Å². The Hall–Kier alpha value is -2.67. The second-order valence-corrected chi connectivity index (χ2v) is 9.42. The summed E-state index contributed by atoms with van der Waals surface area (Å²) in [4.78, 5) is 17.3. The summed E-state index contributed by atoms with van der Waals surface area (Å²) in [7, 11) is 0. The number of rotatable bonds is 5. The minimum Gasteiger partial charge on any atom is -0.367 e. The summed E-state index contributed by atoms with van der Waals surface area (Å²) in [6, 6.07) is 23.4. The van der Waals surface area contributed by atoms with Crippen molar-refractivity contribution in [3.63, 3.8) is 0 Å². The summed E-state index contributed by atoms with van der Waals surface area (Å²) < 4.78 is 0.957. The molecule has 1 saturated heterocycles. The van der Waals surface area contributed by atoms with Gasteiger partial charge in [-0.15, -0.1) is 0 Å². The van der Waals surface area contributed by atoms with Crippen LogP contribution in [-0.4, -0.2) is 36.1 Å². The van der Waals surface area contributed by atoms with Crippen molar-refractivity contribution in [3.8, 4) is 0 Å². The lowest BCUT2D eigenvalue weighted by Gasteiger charge is -2.36. The molecule has 164 valence electrons. The first-order valence-corrected chi connectivity index (χ1v) is 11.9. The molecule has 1 atom stereocenters. The molecule has 0 saturated carbocycles. The maximum absolute atomic E-state index is 13.0. The number of nitrogens with one attached hydrogen (secondary N) is 2. The number of hydrogen-bond acceptors (Lipinski definition) is 4. The smallest absolute Gasteiger partial charge is 0.268 e. The van der Waals surface area contributed by atoms with E-state index in [1.54, 1.807) is 11.1 Å². The minimum atomic E-state index is -0.406. The lowest BCUT2D eigenvalue weighted by atomic mass is 10.0. The highest BCUT2D eigenvalue weighted by Gasteiger charge is 2.30. The number of carbonyl (C=O) groups excluding carboxylic acids is 1. The number of fused-ring (bicyclic) bond motifs is 1. The van der Waals surface area contributed by atoms with E-state index in [9.17, 15) is 4.79 Å². The Morgan fingerprint density at radius 3 is 2.59 bits per heavy atom. The van der Waals surface area contributed by atoms with Crippen LogP contribution in [0.1, 0.15) is 18.4 Å². The van der Waals surface area contributed by atoms with Gasteiger partial charge < -0.3 is 5.32 Å². The largest absolute Gasteiger partial charge is 0.367 e. The summed E-state index contributed by atoms with van der Waals surface area (Å²) in [6.07, 6.45) is 5.28. The normalized spacial score (nSPS) is 20.0. The number of benzene rings is 3. The third kappa shape index (κ3) is 4.72. The molecular weight excluding hydrogens is 464 g/mol. The molecule has 1 amide bonds. The van der Waals surface area contributed by atoms with E-state index >= 15 is 0 Å². The van der Waals surface area contributed by atoms with Crippen LogP contribution in [-0.2, 0) is 11.3 Å². The van der Waals surface area contributed by atoms with Gasteiger partial charge in [-0.25, -0.2) is 0 Å². The number of anilines is 1. The SMILES string of the molecule is O=C1C(NC2CCN(Cc3ccc4ccccc4c3)CC2)NC=CN1c1cccc(Br)c1. The molecule has 0 spiro atoms. The van der Waals surface area contributed by atoms with E-state index in [1.807, 2.05) is 30.5 Å². The summed E-state index contributed by atoms with van der Waals surface area (Å²) in [5, 5.41) is 9.31. The van der Waals surface area contributed by atoms with E-state index < -0.39 is 6.17 Å². The van der Waals surface area contributed by atoms with Crippen LogP contribution in [0.25, 0.3) is 10.8 Å². The molecule has 2 heterocycles. The molecule has 3 aromatic carbocycles. The fourth-order valence-electron chi connectivity index (χ4n) is 4.55. The quantitative estimate of drug-likeness (QED) is 0.548. The number of carbonyl (C=O) groups is 1. The Labute approximate surface area is 197 Å². The Morgan fingerprint density at radius 1 is 0.969 bits per heavy atom. The van der Waals surface area contributed by atoms with Crippen molar-refractivity contribution in [1.82, 2.24) is 15.5 Å². The molecule has 32 heavy (non-hydrogen) atoms. The van der Waals surface area contributed by atoms with Gasteiger partial charge >= 0.3 is 0 Å². The van der Waals surface area contributed by atoms with Gasteiger partial charge in [0.25, 0.3) is 5.91 Å². The van der Waals surface area contributed by atoms with Crippen molar-refractivity contribution >= 4 is 38.3 Å². The van der Waals surface area contributed by atoms with Crippen molar-refractivity contribution in [2.45, 2.75) is 31.6 Å². The van der Waals surface area contributed by atoms with Crippen LogP contribution < -0.4 is 15.5 Å². The molecule has 5 rings (SSSR count). The maximum Gasteiger partial charge on any atom is 0.268 e. The number of likely N-dealkylation sites (tertiary alicyclic amines) is 1. The highest BCUT2D eigenvalue weighted by molar-refractivity contribution is 9.10. The first-order chi connectivity index (χ1) is 15.7. The van der Waals surface area contributed by atoms with E-state index in [-0.39, 0.29) is 5.91 Å². The number of halogens is 1. The van der Waals surface area contributed by atoms with Crippen molar-refractivity contribution < 1.29 is 4.79 Å². The van der Waals surface area contributed by atoms with E-state index in [2.05, 4.69) is 73.9 Å². The Kier molecular flexibility index (Phi) is 6.26. The second-order valence-electron chi connectivity index (χ2n) is 8.50. The van der Waals surface area contributed by atoms with Gasteiger partial charge in [0.15, 0.2) is 6.17 Å². The molecule has 0 bridgehead atoms. The average molecular weight is 491 g/mol. The topological polar surface area (TPSA) is 47.6 Å². The molecule has 3 aromatic rings. The van der Waals surface area contributed by atoms with Gasteiger partial charge in [0.05, 0.1) is 0 Å². The third-order valence-corrected chi connectivity index (χ3v) is 6.76. The minimum absolute atomic E-state index is 0.0178. The number of amides is 1. The van der Waals surface area contributed by atoms with Crippen molar-refractivity contribution in [3.05, 3.63) is 89.2 Å². The molecule has 2 N–H and O–H groups in total. The van der Waals surface area contributed by atoms with Gasteiger partial charge in [0.2, 0.25) is 0 Å². The van der Waals surface area contributed by atoms with E-state index in [4.69, 9.17) is 0 Å². The van der Waals surface area contributed by atoms with Crippen LogP contribution in [0, 0.1) is 0 Å². The highest BCUT2D eigenvalue weighted by Crippen LogP contribution is 2.23. The van der Waals surface area contributed by atoms with Crippen LogP contribution in [0.2, 0.25) is 0 Å². The Bertz CT molecular complexity index is 1140. The zero-order chi connectivity index (χ0) is 21.9. The van der Waals surface area contributed by atoms with Crippen LogP contribution in [0.4, 0.5) is 5.69 Å². The fraction of sp³-hybridized carbons (Fsp3) is 0.269. The average Bonchev–Trinajstić information content (AvgIpc) is 2.81. The lowest BCUT2D eigenvalue weighted by Crippen LogP contribution is -2.58. The first-order valence-electron chi connectivity index (χ1n) is 11.1. The lowest BCUT2D eigenvalue weighted by molar-refractivity contribution is -0.121. The van der Waals surface area contributed by atoms with Crippen molar-refractivity contribution in [2.24, 2.45) is 0 Å². The molecule has 0 radical (unpaired) electrons. The van der Waals surface area contributed by atoms with Crippen LogP contribution >= 0.6 is 15.9 Å². The van der Waals surface area contributed by atoms with Crippen LogP contribution in [0.3, 0.4) is 0 Å². The summed E-state index contributed by atoms with van der Waals surface area (Å²) in [5.41, 5.74) is 2.22. The molecule has 0 aromatic heterocycles. The molecular formula is C26H27BrN4O. The fourth-order valence-corrected chi connectivity index (χ4v) is 4.93. The molecule has 2 aliphatic rings. The van der Waals surface area contributed by atoms with Gasteiger partial charge in [-0.05, 0) is 66.5 Å². The molecule has 6 heteroatoms. The Balaban J connectivity index is 1.16. The summed E-state index contributed by atoms with van der Waals surface area (Å²) in [5.74, 6) is 0.0178. The maximum atomic E-state index is 13.0. The Morgan fingerprint density at radius 2 is 1.78 bits per heavy atom. The monoisotopic (exact) mass is 490 g/mol. The van der Waals surface area contributed by atoms with Gasteiger partial charge in [-0.2, -0.15) is 0 Å². The van der Waals surface area contributed by atoms with Gasteiger partial charge in [-0.3, -0.25) is 19.9 Å². The zero-order valence-corrected chi connectivity index (χ0v) is 19.5. The van der Waals surface area contributed by atoms with Gasteiger partial charge in [-0.1, -0.05) is 58.4 Å². The van der Waals surface area contributed by atoms with E-state index in [0.717, 1.165) is 42.6 Å². The van der Waals surface area contributed by atoms with E-state index in [1.165, 1.54) is 16.3 Å². The summed E-state index contributed by atoms with van der Waals surface area (Å²) >= 11 is 3.49. The molecule has 5 nitrogen and oxygen atoms in total. The predicted molar refractivity (Wildman–Crippen MR) is 133 cm³/mol. The number of piperidine rings is 1. The van der Waals surface area contributed by atoms with Crippen molar-refractivity contribution in [2.75, 3.05) is 18.0 Å². The third-order valence-electron chi connectivity index (χ3n) is 6.27. The summed E-state index contributed by atoms with van der Waals surface area (Å²) in [6.45, 7) is 3.02. The van der Waals surface area contributed by atoms with Crippen LogP contribution in [0.5, 0.6) is 0 Å². The molecule has 0 aliphatic carbocycles. The number of hydrogen-bond donors (Lipinski definition) is 2. The number of nitrogens with zero attached hydrogens (tertiary/aromatic N) is 2. The van der Waals surface area contributed by atoms with Crippen LogP contribution in [0.15, 0.2) is 83.6 Å². The van der Waals surface area contributed by atoms with Crippen molar-refractivity contribution in [1.29, 1.82) is 0 Å². The standard InChI is InChI=1S/C26H27BrN4O/c27-22-6-3-7-24(17-22)31-15-12-28-25(26(31)32)29-23-10-13-30(14-11-23)18-19-8-9-20-4-1-2-5-21(20)16-19/h1-9,12,15-17,23,25,28-29H,10-11,13-14,18H2. The second kappa shape index (κ2) is 9.45. The highest BCUT2D eigenvalue weighted by atomic mass is 79.9. The molecule has 2 aliphatic heterocycles. The first kappa shape index (κ1) is 21.2. The van der Waals surface area contributed by atoms with Gasteiger partial charge in [0, 0.05) is 35.1 Å². The zero-order valence-electron chi connectivity index (χ0n) is 17.9. The predicted octanol–water partition coefficient (Wildman–Crippen LogP) is 4.59.